The molecule has 0 bridgehead atoms. The molecule has 5 heteroatoms. The molecule has 122 valence electrons. The summed E-state index contributed by atoms with van der Waals surface area (Å²) in [7, 11) is 0. The van der Waals surface area contributed by atoms with Crippen molar-refractivity contribution >= 4 is 17.7 Å². The predicted octanol–water partition coefficient (Wildman–Crippen LogP) is 3.88. The molecule has 1 spiro atoms. The van der Waals surface area contributed by atoms with Gasteiger partial charge in [0.2, 0.25) is 5.91 Å². The van der Waals surface area contributed by atoms with Crippen molar-refractivity contribution in [3.8, 4) is 12.1 Å². The topological polar surface area (TPSA) is 76.7 Å². The van der Waals surface area contributed by atoms with Crippen LogP contribution in [0.2, 0.25) is 0 Å². The number of carbonyl (C=O) groups is 1. The summed E-state index contributed by atoms with van der Waals surface area (Å²) in [6, 6.07) is 14.5. The fraction of sp³-hybridized carbons (Fsp3) is 0.421. The highest BCUT2D eigenvalue weighted by Crippen LogP contribution is 2.52. The van der Waals surface area contributed by atoms with Gasteiger partial charge in [-0.05, 0) is 18.4 Å². The third-order valence-electron chi connectivity index (χ3n) is 4.99. The van der Waals surface area contributed by atoms with E-state index in [0.29, 0.717) is 16.4 Å². The van der Waals surface area contributed by atoms with E-state index in [0.717, 1.165) is 37.7 Å². The predicted molar refractivity (Wildman–Crippen MR) is 93.1 cm³/mol. The molecule has 1 saturated carbocycles. The largest absolute Gasteiger partial charge is 0.319 e. The molecular formula is C19H19N3OS. The highest BCUT2D eigenvalue weighted by atomic mass is 32.2. The van der Waals surface area contributed by atoms with E-state index >= 15 is 0 Å². The van der Waals surface area contributed by atoms with Crippen molar-refractivity contribution < 1.29 is 4.79 Å². The van der Waals surface area contributed by atoms with Crippen LogP contribution in [0.3, 0.4) is 0 Å². The Bertz CT molecular complexity index is 736. The molecule has 3 rings (SSSR count). The van der Waals surface area contributed by atoms with Crippen LogP contribution in [-0.4, -0.2) is 5.91 Å². The van der Waals surface area contributed by atoms with Crippen LogP contribution in [0.5, 0.6) is 0 Å². The average molecular weight is 337 g/mol. The summed E-state index contributed by atoms with van der Waals surface area (Å²) in [5, 5.41) is 22.8. The second-order valence-electron chi connectivity index (χ2n) is 6.36. The van der Waals surface area contributed by atoms with Crippen LogP contribution in [0.15, 0.2) is 40.9 Å². The van der Waals surface area contributed by atoms with Crippen molar-refractivity contribution in [2.45, 2.75) is 37.9 Å². The molecule has 1 fully saturated rings. The van der Waals surface area contributed by atoms with Gasteiger partial charge in [0.25, 0.3) is 0 Å². The minimum absolute atomic E-state index is 0.256. The molecule has 1 aromatic rings. The molecule has 1 aliphatic heterocycles. The fourth-order valence-electron chi connectivity index (χ4n) is 3.77. The first-order chi connectivity index (χ1) is 11.7. The van der Waals surface area contributed by atoms with Gasteiger partial charge in [0, 0.05) is 11.2 Å². The zero-order valence-corrected chi connectivity index (χ0v) is 14.2. The Morgan fingerprint density at radius 2 is 1.88 bits per heavy atom. The van der Waals surface area contributed by atoms with E-state index in [4.69, 9.17) is 0 Å². The van der Waals surface area contributed by atoms with Crippen LogP contribution in [-0.2, 0) is 10.5 Å². The van der Waals surface area contributed by atoms with E-state index in [1.807, 2.05) is 30.3 Å². The van der Waals surface area contributed by atoms with Gasteiger partial charge in [0.1, 0.15) is 5.92 Å². The lowest BCUT2D eigenvalue weighted by molar-refractivity contribution is -0.126. The molecule has 1 aromatic carbocycles. The van der Waals surface area contributed by atoms with Crippen LogP contribution in [0, 0.1) is 34.0 Å². The van der Waals surface area contributed by atoms with E-state index in [9.17, 15) is 15.3 Å². The van der Waals surface area contributed by atoms with Crippen molar-refractivity contribution in [2.24, 2.45) is 11.3 Å². The Hall–Kier alpha value is -2.24. The Balaban J connectivity index is 1.95. The van der Waals surface area contributed by atoms with E-state index in [1.54, 1.807) is 0 Å². The number of carbonyl (C=O) groups excluding carboxylic acids is 1. The van der Waals surface area contributed by atoms with Gasteiger partial charge < -0.3 is 5.32 Å². The number of benzene rings is 1. The molecule has 1 aliphatic carbocycles. The summed E-state index contributed by atoms with van der Waals surface area (Å²) < 4.78 is 0. The zero-order chi connectivity index (χ0) is 17.0. The highest BCUT2D eigenvalue weighted by molar-refractivity contribution is 8.02. The molecule has 0 radical (unpaired) electrons. The molecule has 2 aliphatic rings. The number of amides is 1. The third-order valence-corrected chi connectivity index (χ3v) is 6.06. The van der Waals surface area contributed by atoms with Crippen molar-refractivity contribution in [1.29, 1.82) is 10.5 Å². The van der Waals surface area contributed by atoms with Gasteiger partial charge in [-0.1, -0.05) is 49.6 Å². The number of nitrogens with one attached hydrogen (secondary N) is 1. The first-order valence-electron chi connectivity index (χ1n) is 8.23. The van der Waals surface area contributed by atoms with Crippen LogP contribution in [0.25, 0.3) is 0 Å². The number of hydrogen-bond donors (Lipinski definition) is 1. The van der Waals surface area contributed by atoms with Crippen molar-refractivity contribution in [2.75, 3.05) is 0 Å². The Morgan fingerprint density at radius 3 is 2.50 bits per heavy atom. The molecule has 4 nitrogen and oxygen atoms in total. The number of hydrogen-bond acceptors (Lipinski definition) is 4. The highest BCUT2D eigenvalue weighted by Gasteiger charge is 2.51. The molecule has 1 atom stereocenters. The molecule has 0 unspecified atom stereocenters. The summed E-state index contributed by atoms with van der Waals surface area (Å²) in [5.41, 5.74) is 1.15. The number of nitriles is 2. The van der Waals surface area contributed by atoms with Gasteiger partial charge in [0.15, 0.2) is 0 Å². The number of allylic oxidation sites excluding steroid dienone is 1. The molecule has 0 saturated heterocycles. The quantitative estimate of drug-likeness (QED) is 0.908. The minimum atomic E-state index is -0.756. The van der Waals surface area contributed by atoms with E-state index in [1.165, 1.54) is 11.8 Å². The maximum absolute atomic E-state index is 12.5. The summed E-state index contributed by atoms with van der Waals surface area (Å²) >= 11 is 1.48. The molecule has 0 aromatic heterocycles. The average Bonchev–Trinajstić information content (AvgIpc) is 2.62. The maximum Gasteiger partial charge on any atom is 0.243 e. The molecule has 1 N–H and O–H groups in total. The van der Waals surface area contributed by atoms with Crippen LogP contribution in [0.4, 0.5) is 0 Å². The van der Waals surface area contributed by atoms with E-state index in [2.05, 4.69) is 17.5 Å². The van der Waals surface area contributed by atoms with Crippen molar-refractivity contribution in [1.82, 2.24) is 5.32 Å². The van der Waals surface area contributed by atoms with Gasteiger partial charge in [-0.3, -0.25) is 4.79 Å². The van der Waals surface area contributed by atoms with E-state index < -0.39 is 11.3 Å². The van der Waals surface area contributed by atoms with E-state index in [-0.39, 0.29) is 5.91 Å². The van der Waals surface area contributed by atoms with Crippen LogP contribution in [0.1, 0.15) is 37.7 Å². The van der Waals surface area contributed by atoms with Gasteiger partial charge in [0.05, 0.1) is 22.7 Å². The van der Waals surface area contributed by atoms with Crippen molar-refractivity contribution in [3.05, 3.63) is 46.5 Å². The van der Waals surface area contributed by atoms with Crippen molar-refractivity contribution in [3.63, 3.8) is 0 Å². The van der Waals surface area contributed by atoms with Gasteiger partial charge in [-0.25, -0.2) is 0 Å². The van der Waals surface area contributed by atoms with Gasteiger partial charge in [-0.15, -0.1) is 11.8 Å². The molecule has 24 heavy (non-hydrogen) atoms. The number of nitrogens with zero attached hydrogens (tertiary/aromatic N) is 2. The van der Waals surface area contributed by atoms with Crippen LogP contribution < -0.4 is 5.32 Å². The summed E-state index contributed by atoms with van der Waals surface area (Å²) in [6.07, 6.45) is 4.53. The molecule has 1 heterocycles. The third kappa shape index (κ3) is 2.92. The summed E-state index contributed by atoms with van der Waals surface area (Å²) in [5.74, 6) is -0.322. The minimum Gasteiger partial charge on any atom is -0.319 e. The first kappa shape index (κ1) is 16.6. The Morgan fingerprint density at radius 1 is 1.17 bits per heavy atom. The monoisotopic (exact) mass is 337 g/mol. The normalized spacial score (nSPS) is 22.6. The molecular weight excluding hydrogens is 318 g/mol. The number of rotatable bonds is 3. The lowest BCUT2D eigenvalue weighted by atomic mass is 9.61. The fourth-order valence-corrected chi connectivity index (χ4v) is 4.84. The Labute approximate surface area is 146 Å². The smallest absolute Gasteiger partial charge is 0.243 e. The summed E-state index contributed by atoms with van der Waals surface area (Å²) in [4.78, 5) is 12.5. The molecule has 1 amide bonds. The first-order valence-corrected chi connectivity index (χ1v) is 9.22. The van der Waals surface area contributed by atoms with Gasteiger partial charge in [-0.2, -0.15) is 10.5 Å². The standard InChI is InChI=1S/C19H19N3OS/c20-11-15-17(23)22-18(24-13-14-7-3-1-4-8-14)16(12-21)19(15)9-5-2-6-10-19/h1,3-4,7-8,15H,2,5-6,9-10,13H2,(H,22,23)/t15-/m0/s1. The lowest BCUT2D eigenvalue weighted by Crippen LogP contribution is -2.48. The second kappa shape index (κ2) is 7.11. The number of thioether (sulfide) groups is 1. The summed E-state index contributed by atoms with van der Waals surface area (Å²) in [6.45, 7) is 0. The SMILES string of the molecule is N#CC1=C(SCc2ccccc2)NC(=O)[C@H](C#N)C12CCCCC2. The van der Waals surface area contributed by atoms with Gasteiger partial charge >= 0.3 is 0 Å². The zero-order valence-electron chi connectivity index (χ0n) is 13.4. The Kier molecular flexibility index (Phi) is 4.92. The lowest BCUT2D eigenvalue weighted by Gasteiger charge is -2.43. The maximum atomic E-state index is 12.5. The second-order valence-corrected chi connectivity index (χ2v) is 7.34. The van der Waals surface area contributed by atoms with Crippen LogP contribution >= 0.6 is 11.8 Å².